The summed E-state index contributed by atoms with van der Waals surface area (Å²) in [4.78, 5) is 7.73. The van der Waals surface area contributed by atoms with E-state index in [1.807, 2.05) is 6.92 Å². The fraction of sp³-hybridized carbons (Fsp3) is 0.692. The van der Waals surface area contributed by atoms with E-state index in [9.17, 15) is 0 Å². The van der Waals surface area contributed by atoms with Gasteiger partial charge in [0.15, 0.2) is 0 Å². The van der Waals surface area contributed by atoms with E-state index in [4.69, 9.17) is 17.0 Å². The van der Waals surface area contributed by atoms with E-state index in [-0.39, 0.29) is 5.60 Å². The van der Waals surface area contributed by atoms with Gasteiger partial charge in [0.05, 0.1) is 4.47 Å². The van der Waals surface area contributed by atoms with Crippen molar-refractivity contribution in [3.05, 3.63) is 21.1 Å². The standard InChI is InChI=1S/C13H19BrN2OS/c1-2-17-13(7-5-3-4-6-8-13)12-15-9-10(14)11(18)16-12/h9H,2-8H2,1H3,(H,15,16,18). The summed E-state index contributed by atoms with van der Waals surface area (Å²) < 4.78 is 7.61. The fourth-order valence-electron chi connectivity index (χ4n) is 2.64. The molecule has 1 aliphatic carbocycles. The SMILES string of the molecule is CCOC1(c2ncc(Br)c(=S)[nH]2)CCCCCC1. The van der Waals surface area contributed by atoms with Gasteiger partial charge in [-0.2, -0.15) is 0 Å². The fourth-order valence-corrected chi connectivity index (χ4v) is 2.99. The third-order valence-corrected chi connectivity index (χ3v) is 4.70. The Bertz CT molecular complexity index is 453. The van der Waals surface area contributed by atoms with E-state index in [0.717, 1.165) is 23.1 Å². The third kappa shape index (κ3) is 3.00. The molecular formula is C13H19BrN2OS. The molecule has 0 amide bonds. The number of aromatic amines is 1. The minimum absolute atomic E-state index is 0.264. The summed E-state index contributed by atoms with van der Waals surface area (Å²) in [5.74, 6) is 0.888. The molecule has 0 radical (unpaired) electrons. The Balaban J connectivity index is 2.38. The van der Waals surface area contributed by atoms with Crippen LogP contribution in [0.1, 0.15) is 51.3 Å². The van der Waals surface area contributed by atoms with Gasteiger partial charge in [0.1, 0.15) is 16.1 Å². The summed E-state index contributed by atoms with van der Waals surface area (Å²) in [5.41, 5.74) is -0.264. The highest BCUT2D eigenvalue weighted by molar-refractivity contribution is 9.10. The van der Waals surface area contributed by atoms with Crippen LogP contribution >= 0.6 is 28.1 Å². The van der Waals surface area contributed by atoms with Crippen molar-refractivity contribution in [3.8, 4) is 0 Å². The molecule has 1 heterocycles. The Morgan fingerprint density at radius 2 is 2.06 bits per heavy atom. The van der Waals surface area contributed by atoms with E-state index in [1.165, 1.54) is 25.7 Å². The smallest absolute Gasteiger partial charge is 0.139 e. The molecule has 5 heteroatoms. The minimum atomic E-state index is -0.264. The van der Waals surface area contributed by atoms with Crippen molar-refractivity contribution in [2.75, 3.05) is 6.61 Å². The number of ether oxygens (including phenoxy) is 1. The van der Waals surface area contributed by atoms with Gasteiger partial charge in [0.2, 0.25) is 0 Å². The van der Waals surface area contributed by atoms with Crippen LogP contribution in [0.4, 0.5) is 0 Å². The Labute approximate surface area is 121 Å². The van der Waals surface area contributed by atoms with Gasteiger partial charge in [0.25, 0.3) is 0 Å². The van der Waals surface area contributed by atoms with Crippen LogP contribution in [0.25, 0.3) is 0 Å². The van der Waals surface area contributed by atoms with Crippen molar-refractivity contribution in [3.63, 3.8) is 0 Å². The van der Waals surface area contributed by atoms with E-state index in [0.29, 0.717) is 11.2 Å². The molecule has 0 aromatic carbocycles. The third-order valence-electron chi connectivity index (χ3n) is 3.52. The van der Waals surface area contributed by atoms with Crippen LogP contribution in [-0.4, -0.2) is 16.6 Å². The topological polar surface area (TPSA) is 37.9 Å². The van der Waals surface area contributed by atoms with E-state index in [2.05, 4.69) is 25.9 Å². The molecule has 18 heavy (non-hydrogen) atoms. The summed E-state index contributed by atoms with van der Waals surface area (Å²) in [6, 6.07) is 0. The summed E-state index contributed by atoms with van der Waals surface area (Å²) in [5, 5.41) is 0. The van der Waals surface area contributed by atoms with Gasteiger partial charge >= 0.3 is 0 Å². The maximum absolute atomic E-state index is 6.08. The Hall–Kier alpha value is -0.260. The highest BCUT2D eigenvalue weighted by Crippen LogP contribution is 2.37. The molecule has 0 saturated heterocycles. The van der Waals surface area contributed by atoms with E-state index < -0.39 is 0 Å². The van der Waals surface area contributed by atoms with Gasteiger partial charge in [-0.05, 0) is 35.7 Å². The van der Waals surface area contributed by atoms with Crippen molar-refractivity contribution in [2.24, 2.45) is 0 Å². The summed E-state index contributed by atoms with van der Waals surface area (Å²) in [6.07, 6.45) is 8.79. The van der Waals surface area contributed by atoms with Gasteiger partial charge < -0.3 is 9.72 Å². The van der Waals surface area contributed by atoms with Gasteiger partial charge in [-0.25, -0.2) is 4.98 Å². The molecule has 1 N–H and O–H groups in total. The Morgan fingerprint density at radius 1 is 1.39 bits per heavy atom. The second kappa shape index (κ2) is 6.26. The normalized spacial score (nSPS) is 19.4. The molecule has 0 bridgehead atoms. The van der Waals surface area contributed by atoms with Crippen molar-refractivity contribution >= 4 is 28.1 Å². The first-order valence-electron chi connectivity index (χ1n) is 6.57. The zero-order valence-corrected chi connectivity index (χ0v) is 13.1. The van der Waals surface area contributed by atoms with Crippen LogP contribution in [0.3, 0.4) is 0 Å². The first-order chi connectivity index (χ1) is 8.68. The molecule has 3 nitrogen and oxygen atoms in total. The number of hydrogen-bond acceptors (Lipinski definition) is 3. The molecule has 0 atom stereocenters. The lowest BCUT2D eigenvalue weighted by molar-refractivity contribution is -0.0625. The first kappa shape index (κ1) is 14.2. The van der Waals surface area contributed by atoms with Crippen molar-refractivity contribution in [1.29, 1.82) is 0 Å². The molecule has 2 rings (SSSR count). The van der Waals surface area contributed by atoms with Crippen molar-refractivity contribution < 1.29 is 4.74 Å². The number of nitrogens with one attached hydrogen (secondary N) is 1. The van der Waals surface area contributed by atoms with Crippen LogP contribution in [0.5, 0.6) is 0 Å². The molecule has 1 aromatic heterocycles. The molecule has 1 aliphatic rings. The summed E-state index contributed by atoms with van der Waals surface area (Å²) in [6.45, 7) is 2.75. The zero-order chi connectivity index (χ0) is 13.0. The second-order valence-electron chi connectivity index (χ2n) is 4.75. The maximum Gasteiger partial charge on any atom is 0.139 e. The molecule has 0 aliphatic heterocycles. The maximum atomic E-state index is 6.08. The Kier molecular flexibility index (Phi) is 4.92. The first-order valence-corrected chi connectivity index (χ1v) is 7.77. The molecule has 1 aromatic rings. The predicted molar refractivity (Wildman–Crippen MR) is 78.1 cm³/mol. The molecule has 1 saturated carbocycles. The monoisotopic (exact) mass is 330 g/mol. The second-order valence-corrected chi connectivity index (χ2v) is 6.01. The lowest BCUT2D eigenvalue weighted by Gasteiger charge is -2.31. The predicted octanol–water partition coefficient (Wildman–Crippen LogP) is 4.49. The van der Waals surface area contributed by atoms with E-state index in [1.54, 1.807) is 6.20 Å². The van der Waals surface area contributed by atoms with Gasteiger partial charge in [0, 0.05) is 12.8 Å². The number of H-pyrrole nitrogens is 1. The average molecular weight is 331 g/mol. The summed E-state index contributed by atoms with van der Waals surface area (Å²) in [7, 11) is 0. The molecule has 0 spiro atoms. The lowest BCUT2D eigenvalue weighted by atomic mass is 9.93. The molecule has 100 valence electrons. The number of nitrogens with zero attached hydrogens (tertiary/aromatic N) is 1. The highest BCUT2D eigenvalue weighted by Gasteiger charge is 2.35. The number of rotatable bonds is 3. The van der Waals surface area contributed by atoms with Gasteiger partial charge in [-0.15, -0.1) is 0 Å². The van der Waals surface area contributed by atoms with Crippen LogP contribution in [0.2, 0.25) is 0 Å². The van der Waals surface area contributed by atoms with Crippen LogP contribution in [0, 0.1) is 4.64 Å². The summed E-state index contributed by atoms with van der Waals surface area (Å²) >= 11 is 8.67. The zero-order valence-electron chi connectivity index (χ0n) is 10.7. The highest BCUT2D eigenvalue weighted by atomic mass is 79.9. The van der Waals surface area contributed by atoms with Crippen molar-refractivity contribution in [2.45, 2.75) is 51.0 Å². The molecular weight excluding hydrogens is 312 g/mol. The van der Waals surface area contributed by atoms with Crippen LogP contribution in [-0.2, 0) is 10.3 Å². The van der Waals surface area contributed by atoms with Crippen LogP contribution < -0.4 is 0 Å². The van der Waals surface area contributed by atoms with Gasteiger partial charge in [-0.1, -0.05) is 37.9 Å². The van der Waals surface area contributed by atoms with Crippen LogP contribution in [0.15, 0.2) is 10.7 Å². The molecule has 0 unspecified atom stereocenters. The number of halogens is 1. The number of aromatic nitrogens is 2. The van der Waals surface area contributed by atoms with Gasteiger partial charge in [-0.3, -0.25) is 0 Å². The minimum Gasteiger partial charge on any atom is -0.367 e. The quantitative estimate of drug-likeness (QED) is 0.655. The largest absolute Gasteiger partial charge is 0.367 e. The average Bonchev–Trinajstić information content (AvgIpc) is 2.60. The van der Waals surface area contributed by atoms with E-state index >= 15 is 0 Å². The molecule has 1 fully saturated rings. The van der Waals surface area contributed by atoms with Crippen molar-refractivity contribution in [1.82, 2.24) is 9.97 Å². The Morgan fingerprint density at radius 3 is 2.61 bits per heavy atom. The number of hydrogen-bond donors (Lipinski definition) is 1. The lowest BCUT2D eigenvalue weighted by Crippen LogP contribution is -2.31.